The first-order valence-corrected chi connectivity index (χ1v) is 11.0. The van der Waals surface area contributed by atoms with Crippen LogP contribution in [0.15, 0.2) is 36.4 Å². The first-order valence-electron chi connectivity index (χ1n) is 11.0. The van der Waals surface area contributed by atoms with Crippen LogP contribution in [0.25, 0.3) is 0 Å². The van der Waals surface area contributed by atoms with Gasteiger partial charge < -0.3 is 9.64 Å². The predicted molar refractivity (Wildman–Crippen MR) is 116 cm³/mol. The summed E-state index contributed by atoms with van der Waals surface area (Å²) < 4.78 is 125. The van der Waals surface area contributed by atoms with Crippen LogP contribution in [-0.2, 0) is 29.8 Å². The van der Waals surface area contributed by atoms with Gasteiger partial charge in [0.25, 0.3) is 0 Å². The fourth-order valence-electron chi connectivity index (χ4n) is 4.52. The molecule has 2 aromatic carbocycles. The highest BCUT2D eigenvalue weighted by molar-refractivity contribution is 5.70. The Kier molecular flexibility index (Phi) is 7.67. The summed E-state index contributed by atoms with van der Waals surface area (Å²) in [5.74, 6) is 0. The molecule has 1 aliphatic heterocycles. The topological polar surface area (TPSA) is 32.8 Å². The predicted octanol–water partition coefficient (Wildman–Crippen LogP) is 7.67. The van der Waals surface area contributed by atoms with Gasteiger partial charge in [-0.15, -0.1) is 0 Å². The number of benzene rings is 2. The molecule has 0 saturated carbocycles. The molecule has 1 aliphatic rings. The van der Waals surface area contributed by atoms with E-state index in [1.54, 1.807) is 18.9 Å². The molecule has 0 saturated heterocycles. The van der Waals surface area contributed by atoms with E-state index in [4.69, 9.17) is 4.74 Å². The van der Waals surface area contributed by atoms with E-state index >= 15 is 0 Å². The summed E-state index contributed by atoms with van der Waals surface area (Å²) in [5, 5.41) is 0. The summed E-state index contributed by atoms with van der Waals surface area (Å²) in [5.41, 5.74) is -4.26. The highest BCUT2D eigenvalue weighted by atomic mass is 19.4. The van der Waals surface area contributed by atoms with E-state index in [1.165, 1.54) is 6.07 Å². The third-order valence-corrected chi connectivity index (χ3v) is 6.39. The van der Waals surface area contributed by atoms with Crippen molar-refractivity contribution in [2.24, 2.45) is 0 Å². The molecule has 4 nitrogen and oxygen atoms in total. The Morgan fingerprint density at radius 1 is 0.919 bits per heavy atom. The van der Waals surface area contributed by atoms with Gasteiger partial charge in [0.15, 0.2) is 0 Å². The van der Waals surface area contributed by atoms with Crippen molar-refractivity contribution >= 4 is 11.8 Å². The maximum Gasteiger partial charge on any atom is 0.416 e. The van der Waals surface area contributed by atoms with Crippen LogP contribution < -0.4 is 4.90 Å². The van der Waals surface area contributed by atoms with Crippen LogP contribution in [0, 0.1) is 0 Å². The average Bonchev–Trinajstić information content (AvgIpc) is 2.80. The summed E-state index contributed by atoms with van der Waals surface area (Å²) in [6.07, 6.45) is -15.5. The van der Waals surface area contributed by atoms with Crippen LogP contribution in [0.4, 0.5) is 50.0 Å². The van der Waals surface area contributed by atoms with E-state index in [2.05, 4.69) is 0 Å². The normalized spacial score (nSPS) is 18.4. The number of alkyl halides is 9. The minimum atomic E-state index is -5.11. The molecule has 1 unspecified atom stereocenters. The quantitative estimate of drug-likeness (QED) is 0.372. The van der Waals surface area contributed by atoms with Crippen LogP contribution in [0.5, 0.6) is 0 Å². The maximum atomic E-state index is 13.5. The molecule has 0 aliphatic carbocycles. The Balaban J connectivity index is 2.17. The zero-order valence-corrected chi connectivity index (χ0v) is 19.9. The Labute approximate surface area is 206 Å². The molecule has 3 rings (SSSR count). The maximum absolute atomic E-state index is 13.5. The first kappa shape index (κ1) is 28.5. The summed E-state index contributed by atoms with van der Waals surface area (Å²) in [6, 6.07) is 2.45. The van der Waals surface area contributed by atoms with Crippen molar-refractivity contribution in [3.8, 4) is 0 Å². The van der Waals surface area contributed by atoms with Crippen LogP contribution >= 0.6 is 0 Å². The molecule has 0 bridgehead atoms. The largest absolute Gasteiger partial charge is 0.453 e. The number of hydrogen-bond acceptors (Lipinski definition) is 3. The van der Waals surface area contributed by atoms with Crippen LogP contribution in [0.2, 0.25) is 0 Å². The monoisotopic (exact) mass is 542 g/mol. The molecule has 204 valence electrons. The van der Waals surface area contributed by atoms with E-state index < -0.39 is 59.5 Å². The SMILES string of the molecule is CC[C@@H]1CC(N(Cc2cc(C(F)(F)F)cc(C(F)(F)F)c2)C(=O)OC)c2cc(C(F)(F)F)ccc2N1C. The molecule has 0 radical (unpaired) electrons. The van der Waals surface area contributed by atoms with Crippen LogP contribution in [0.3, 0.4) is 0 Å². The van der Waals surface area contributed by atoms with Crippen LogP contribution in [-0.4, -0.2) is 31.2 Å². The fourth-order valence-corrected chi connectivity index (χ4v) is 4.52. The molecular formula is C24H23F9N2O2. The first-order chi connectivity index (χ1) is 17.0. The number of rotatable bonds is 4. The third-order valence-electron chi connectivity index (χ3n) is 6.39. The highest BCUT2D eigenvalue weighted by Gasteiger charge is 2.41. The van der Waals surface area contributed by atoms with Gasteiger partial charge in [0.1, 0.15) is 0 Å². The van der Waals surface area contributed by atoms with Gasteiger partial charge in [-0.1, -0.05) is 6.92 Å². The van der Waals surface area contributed by atoms with E-state index in [1.807, 2.05) is 0 Å². The van der Waals surface area contributed by atoms with E-state index in [0.29, 0.717) is 24.2 Å². The molecule has 0 spiro atoms. The number of amides is 1. The second-order valence-corrected chi connectivity index (χ2v) is 8.71. The number of methoxy groups -OCH3 is 1. The van der Waals surface area contributed by atoms with Crippen molar-refractivity contribution in [1.29, 1.82) is 0 Å². The molecule has 37 heavy (non-hydrogen) atoms. The lowest BCUT2D eigenvalue weighted by Gasteiger charge is -2.44. The molecule has 13 heteroatoms. The minimum absolute atomic E-state index is 0.0421. The number of nitrogens with zero attached hydrogens (tertiary/aromatic N) is 2. The van der Waals surface area contributed by atoms with Gasteiger partial charge in [0, 0.05) is 25.3 Å². The molecule has 1 heterocycles. The molecule has 1 amide bonds. The number of fused-ring (bicyclic) bond motifs is 1. The van der Waals surface area contributed by atoms with Gasteiger partial charge in [-0.2, -0.15) is 39.5 Å². The van der Waals surface area contributed by atoms with E-state index in [-0.39, 0.29) is 24.1 Å². The standard InChI is InChI=1S/C24H23F9N2O2/c1-4-17-11-20(18-10-14(22(25,26)27)5-6-19(18)34(17)2)35(21(36)37-3)12-13-7-15(23(28,29)30)9-16(8-13)24(31,32)33/h5-10,17,20H,4,11-12H2,1-3H3/t17-,20?/m1/s1. The lowest BCUT2D eigenvalue weighted by Crippen LogP contribution is -2.44. The zero-order chi connectivity index (χ0) is 27.9. The van der Waals surface area contributed by atoms with Gasteiger partial charge in [-0.25, -0.2) is 4.79 Å². The van der Waals surface area contributed by atoms with Gasteiger partial charge in [0.2, 0.25) is 0 Å². The highest BCUT2D eigenvalue weighted by Crippen LogP contribution is 2.44. The number of anilines is 1. The Morgan fingerprint density at radius 2 is 1.46 bits per heavy atom. The molecule has 0 aromatic heterocycles. The Morgan fingerprint density at radius 3 is 1.92 bits per heavy atom. The van der Waals surface area contributed by atoms with Crippen molar-refractivity contribution in [3.05, 3.63) is 64.2 Å². The van der Waals surface area contributed by atoms with Crippen molar-refractivity contribution < 1.29 is 49.0 Å². The lowest BCUT2D eigenvalue weighted by atomic mass is 9.87. The molecule has 2 atom stereocenters. The van der Waals surface area contributed by atoms with Crippen molar-refractivity contribution in [2.75, 3.05) is 19.1 Å². The van der Waals surface area contributed by atoms with Crippen molar-refractivity contribution in [1.82, 2.24) is 4.90 Å². The van der Waals surface area contributed by atoms with E-state index in [9.17, 15) is 44.3 Å². The minimum Gasteiger partial charge on any atom is -0.453 e. The zero-order valence-electron chi connectivity index (χ0n) is 19.9. The summed E-state index contributed by atoms with van der Waals surface area (Å²) >= 11 is 0. The molecule has 2 aromatic rings. The third kappa shape index (κ3) is 6.07. The average molecular weight is 542 g/mol. The van der Waals surface area contributed by atoms with Crippen molar-refractivity contribution in [3.63, 3.8) is 0 Å². The number of hydrogen-bond donors (Lipinski definition) is 0. The fraction of sp³-hybridized carbons (Fsp3) is 0.458. The smallest absolute Gasteiger partial charge is 0.416 e. The van der Waals surface area contributed by atoms with Crippen molar-refractivity contribution in [2.45, 2.75) is 56.9 Å². The van der Waals surface area contributed by atoms with Gasteiger partial charge in [-0.05, 0) is 60.4 Å². The molecule has 0 N–H and O–H groups in total. The number of carbonyl (C=O) groups excluding carboxylic acids is 1. The summed E-state index contributed by atoms with van der Waals surface area (Å²) in [7, 11) is 2.61. The second kappa shape index (κ2) is 9.97. The van der Waals surface area contributed by atoms with Gasteiger partial charge in [0.05, 0.1) is 29.8 Å². The second-order valence-electron chi connectivity index (χ2n) is 8.71. The van der Waals surface area contributed by atoms with Gasteiger partial charge >= 0.3 is 24.6 Å². The molecular weight excluding hydrogens is 519 g/mol. The van der Waals surface area contributed by atoms with E-state index in [0.717, 1.165) is 24.1 Å². The summed E-state index contributed by atoms with van der Waals surface area (Å²) in [4.78, 5) is 15.4. The van der Waals surface area contributed by atoms with Gasteiger partial charge in [-0.3, -0.25) is 4.90 Å². The summed E-state index contributed by atoms with van der Waals surface area (Å²) in [6.45, 7) is 1.04. The van der Waals surface area contributed by atoms with Crippen LogP contribution in [0.1, 0.15) is 53.6 Å². The lowest BCUT2D eigenvalue weighted by molar-refractivity contribution is -0.143. The molecule has 0 fully saturated rings. The Bertz CT molecular complexity index is 1110. The number of halogens is 9. The number of ether oxygens (including phenoxy) is 1. The number of carbonyl (C=O) groups is 1. The Hall–Kier alpha value is -3.12.